The van der Waals surface area contributed by atoms with Crippen LogP contribution in [0.2, 0.25) is 0 Å². The lowest BCUT2D eigenvalue weighted by molar-refractivity contribution is 0.405. The van der Waals surface area contributed by atoms with E-state index in [4.69, 9.17) is 10.5 Å². The van der Waals surface area contributed by atoms with E-state index in [1.165, 1.54) is 23.1 Å². The Balaban J connectivity index is 2.36. The maximum atomic E-state index is 6.48. The Morgan fingerprint density at radius 1 is 1.32 bits per heavy atom. The number of aryl methyl sites for hydroxylation is 1. The third-order valence-corrected chi connectivity index (χ3v) is 4.21. The largest absolute Gasteiger partial charge is 0.496 e. The molecule has 3 N–H and O–H groups in total. The lowest BCUT2D eigenvalue weighted by Crippen LogP contribution is -2.24. The van der Waals surface area contributed by atoms with Crippen LogP contribution in [-0.4, -0.2) is 20.2 Å². The smallest absolute Gasteiger partial charge is 0.122 e. The average molecular weight is 262 g/mol. The summed E-state index contributed by atoms with van der Waals surface area (Å²) in [6.45, 7) is 8.64. The highest BCUT2D eigenvalue weighted by Gasteiger charge is 2.25. The SMILES string of the molecule is COc1cc(C)c(C(N)C2CCNC2)cc1C(C)C. The van der Waals surface area contributed by atoms with E-state index < -0.39 is 0 Å². The standard InChI is InChI=1S/C16H26N2O/c1-10(2)13-8-14(11(3)7-15(13)19-4)16(17)12-5-6-18-9-12/h7-8,10,12,16,18H,5-6,9,17H2,1-4H3. The van der Waals surface area contributed by atoms with Gasteiger partial charge < -0.3 is 15.8 Å². The molecule has 1 fully saturated rings. The predicted molar refractivity (Wildman–Crippen MR) is 79.7 cm³/mol. The lowest BCUT2D eigenvalue weighted by Gasteiger charge is -2.23. The predicted octanol–water partition coefficient (Wildman–Crippen LogP) is 2.74. The van der Waals surface area contributed by atoms with E-state index in [0.717, 1.165) is 18.8 Å². The highest BCUT2D eigenvalue weighted by atomic mass is 16.5. The molecular formula is C16H26N2O. The van der Waals surface area contributed by atoms with Crippen molar-refractivity contribution in [3.63, 3.8) is 0 Å². The van der Waals surface area contributed by atoms with Gasteiger partial charge >= 0.3 is 0 Å². The molecule has 0 radical (unpaired) electrons. The number of hydrogen-bond acceptors (Lipinski definition) is 3. The average Bonchev–Trinajstić information content (AvgIpc) is 2.91. The summed E-state index contributed by atoms with van der Waals surface area (Å²) in [7, 11) is 1.74. The van der Waals surface area contributed by atoms with Crippen molar-refractivity contribution in [1.82, 2.24) is 5.32 Å². The van der Waals surface area contributed by atoms with Gasteiger partial charge in [0.15, 0.2) is 0 Å². The van der Waals surface area contributed by atoms with Crippen LogP contribution in [-0.2, 0) is 0 Å². The fraction of sp³-hybridized carbons (Fsp3) is 0.625. The minimum atomic E-state index is 0.124. The summed E-state index contributed by atoms with van der Waals surface area (Å²) in [6.07, 6.45) is 1.17. The van der Waals surface area contributed by atoms with Gasteiger partial charge in [-0.3, -0.25) is 0 Å². The molecule has 1 saturated heterocycles. The van der Waals surface area contributed by atoms with Gasteiger partial charge in [0.05, 0.1) is 7.11 Å². The molecule has 1 aliphatic heterocycles. The van der Waals surface area contributed by atoms with Gasteiger partial charge in [-0.2, -0.15) is 0 Å². The molecule has 2 atom stereocenters. The molecule has 0 amide bonds. The molecule has 1 aliphatic rings. The summed E-state index contributed by atoms with van der Waals surface area (Å²) in [5, 5.41) is 3.40. The molecule has 1 aromatic rings. The van der Waals surface area contributed by atoms with Crippen molar-refractivity contribution in [3.8, 4) is 5.75 Å². The third kappa shape index (κ3) is 2.93. The van der Waals surface area contributed by atoms with E-state index >= 15 is 0 Å². The zero-order chi connectivity index (χ0) is 14.0. The first kappa shape index (κ1) is 14.4. The van der Waals surface area contributed by atoms with Gasteiger partial charge in [-0.05, 0) is 61.0 Å². The van der Waals surface area contributed by atoms with Crippen LogP contribution in [0.4, 0.5) is 0 Å². The molecule has 3 heteroatoms. The summed E-state index contributed by atoms with van der Waals surface area (Å²) in [6, 6.07) is 4.51. The molecule has 0 bridgehead atoms. The van der Waals surface area contributed by atoms with Gasteiger partial charge in [0.25, 0.3) is 0 Å². The zero-order valence-electron chi connectivity index (χ0n) is 12.5. The Bertz CT molecular complexity index is 437. The molecule has 19 heavy (non-hydrogen) atoms. The van der Waals surface area contributed by atoms with Crippen molar-refractivity contribution in [2.75, 3.05) is 20.2 Å². The van der Waals surface area contributed by atoms with Crippen molar-refractivity contribution in [2.24, 2.45) is 11.7 Å². The van der Waals surface area contributed by atoms with Crippen molar-refractivity contribution in [2.45, 2.75) is 39.2 Å². The summed E-state index contributed by atoms with van der Waals surface area (Å²) in [4.78, 5) is 0. The Morgan fingerprint density at radius 2 is 2.05 bits per heavy atom. The zero-order valence-corrected chi connectivity index (χ0v) is 12.5. The van der Waals surface area contributed by atoms with Gasteiger partial charge in [-0.15, -0.1) is 0 Å². The Labute approximate surface area is 116 Å². The maximum absolute atomic E-state index is 6.48. The molecular weight excluding hydrogens is 236 g/mol. The van der Waals surface area contributed by atoms with Gasteiger partial charge in [0.1, 0.15) is 5.75 Å². The molecule has 2 rings (SSSR count). The third-order valence-electron chi connectivity index (χ3n) is 4.21. The van der Waals surface area contributed by atoms with Crippen LogP contribution in [0.3, 0.4) is 0 Å². The van der Waals surface area contributed by atoms with Gasteiger partial charge in [-0.1, -0.05) is 19.9 Å². The molecule has 3 nitrogen and oxygen atoms in total. The van der Waals surface area contributed by atoms with Crippen LogP contribution in [0.15, 0.2) is 12.1 Å². The van der Waals surface area contributed by atoms with Crippen LogP contribution in [0, 0.1) is 12.8 Å². The maximum Gasteiger partial charge on any atom is 0.122 e. The Morgan fingerprint density at radius 3 is 2.58 bits per heavy atom. The van der Waals surface area contributed by atoms with Crippen molar-refractivity contribution in [1.29, 1.82) is 0 Å². The minimum absolute atomic E-state index is 0.124. The fourth-order valence-electron chi connectivity index (χ4n) is 2.94. The molecule has 2 unspecified atom stereocenters. The number of hydrogen-bond donors (Lipinski definition) is 2. The second-order valence-corrected chi connectivity index (χ2v) is 5.88. The molecule has 0 saturated carbocycles. The highest BCUT2D eigenvalue weighted by molar-refractivity contribution is 5.45. The summed E-state index contributed by atoms with van der Waals surface area (Å²) in [5.41, 5.74) is 10.2. The van der Waals surface area contributed by atoms with Crippen LogP contribution in [0.25, 0.3) is 0 Å². The van der Waals surface area contributed by atoms with Crippen molar-refractivity contribution < 1.29 is 4.74 Å². The first-order chi connectivity index (χ1) is 9.04. The monoisotopic (exact) mass is 262 g/mol. The van der Waals surface area contributed by atoms with E-state index in [1.54, 1.807) is 7.11 Å². The van der Waals surface area contributed by atoms with Gasteiger partial charge in [0.2, 0.25) is 0 Å². The number of ether oxygens (including phenoxy) is 1. The summed E-state index contributed by atoms with van der Waals surface area (Å²) in [5.74, 6) is 1.98. The Kier molecular flexibility index (Phi) is 4.48. The Hall–Kier alpha value is -1.06. The molecule has 1 aromatic carbocycles. The summed E-state index contributed by atoms with van der Waals surface area (Å²) < 4.78 is 5.49. The van der Waals surface area contributed by atoms with E-state index in [2.05, 4.69) is 38.2 Å². The second kappa shape index (κ2) is 5.93. The van der Waals surface area contributed by atoms with Gasteiger partial charge in [-0.25, -0.2) is 0 Å². The lowest BCUT2D eigenvalue weighted by atomic mass is 9.87. The second-order valence-electron chi connectivity index (χ2n) is 5.88. The van der Waals surface area contributed by atoms with E-state index in [0.29, 0.717) is 11.8 Å². The van der Waals surface area contributed by atoms with E-state index in [9.17, 15) is 0 Å². The topological polar surface area (TPSA) is 47.3 Å². The number of benzene rings is 1. The van der Waals surface area contributed by atoms with Crippen molar-refractivity contribution in [3.05, 3.63) is 28.8 Å². The number of nitrogens with two attached hydrogens (primary N) is 1. The van der Waals surface area contributed by atoms with Crippen LogP contribution < -0.4 is 15.8 Å². The quantitative estimate of drug-likeness (QED) is 0.877. The van der Waals surface area contributed by atoms with Crippen LogP contribution in [0.5, 0.6) is 5.75 Å². The van der Waals surface area contributed by atoms with E-state index in [-0.39, 0.29) is 6.04 Å². The summed E-state index contributed by atoms with van der Waals surface area (Å²) >= 11 is 0. The normalized spacial score (nSPS) is 20.8. The first-order valence-electron chi connectivity index (χ1n) is 7.19. The molecule has 0 aromatic heterocycles. The van der Waals surface area contributed by atoms with Crippen LogP contribution in [0.1, 0.15) is 48.9 Å². The molecule has 0 aliphatic carbocycles. The fourth-order valence-corrected chi connectivity index (χ4v) is 2.94. The number of nitrogens with one attached hydrogen (secondary N) is 1. The van der Waals surface area contributed by atoms with Crippen LogP contribution >= 0.6 is 0 Å². The van der Waals surface area contributed by atoms with Crippen molar-refractivity contribution >= 4 is 0 Å². The number of methoxy groups -OCH3 is 1. The highest BCUT2D eigenvalue weighted by Crippen LogP contribution is 2.34. The van der Waals surface area contributed by atoms with E-state index in [1.807, 2.05) is 0 Å². The first-order valence-corrected chi connectivity index (χ1v) is 7.19. The number of rotatable bonds is 4. The molecule has 106 valence electrons. The molecule has 0 spiro atoms. The minimum Gasteiger partial charge on any atom is -0.496 e. The van der Waals surface area contributed by atoms with Gasteiger partial charge in [0, 0.05) is 6.04 Å². The molecule has 1 heterocycles.